The number of rotatable bonds is 6. The minimum absolute atomic E-state index is 0.0916. The molecule has 2 aromatic rings. The number of nitrogens with one attached hydrogen (secondary N) is 1. The SMILES string of the molecule is CCCCC(=O)NC(c1cccnc1)c1ccc(C)c(C)c1. The van der Waals surface area contributed by atoms with E-state index < -0.39 is 0 Å². The molecular formula is C19H24N2O. The van der Waals surface area contributed by atoms with Crippen LogP contribution in [0.15, 0.2) is 42.7 Å². The van der Waals surface area contributed by atoms with Crippen molar-refractivity contribution in [3.8, 4) is 0 Å². The van der Waals surface area contributed by atoms with Gasteiger partial charge in [0, 0.05) is 18.8 Å². The van der Waals surface area contributed by atoms with Crippen LogP contribution in [0.25, 0.3) is 0 Å². The molecule has 1 aromatic carbocycles. The molecular weight excluding hydrogens is 272 g/mol. The number of benzene rings is 1. The van der Waals surface area contributed by atoms with Crippen LogP contribution in [-0.2, 0) is 4.79 Å². The average Bonchev–Trinajstić information content (AvgIpc) is 2.54. The van der Waals surface area contributed by atoms with Crippen molar-refractivity contribution in [3.05, 3.63) is 65.0 Å². The standard InChI is InChI=1S/C19H24N2O/c1-4-5-8-18(22)21-19(17-7-6-11-20-13-17)16-10-9-14(2)15(3)12-16/h6-7,9-13,19H,4-5,8H2,1-3H3,(H,21,22). The summed E-state index contributed by atoms with van der Waals surface area (Å²) in [4.78, 5) is 16.4. The molecule has 1 atom stereocenters. The van der Waals surface area contributed by atoms with E-state index in [-0.39, 0.29) is 11.9 Å². The van der Waals surface area contributed by atoms with Crippen LogP contribution in [-0.4, -0.2) is 10.9 Å². The minimum atomic E-state index is -0.141. The summed E-state index contributed by atoms with van der Waals surface area (Å²) < 4.78 is 0. The van der Waals surface area contributed by atoms with Gasteiger partial charge in [-0.1, -0.05) is 37.6 Å². The number of unbranched alkanes of at least 4 members (excludes halogenated alkanes) is 1. The Labute approximate surface area is 132 Å². The Hall–Kier alpha value is -2.16. The summed E-state index contributed by atoms with van der Waals surface area (Å²) in [5.74, 6) is 0.0916. The third kappa shape index (κ3) is 4.17. The lowest BCUT2D eigenvalue weighted by atomic mass is 9.96. The summed E-state index contributed by atoms with van der Waals surface area (Å²) in [6, 6.07) is 10.1. The van der Waals surface area contributed by atoms with Crippen LogP contribution in [0.3, 0.4) is 0 Å². The van der Waals surface area contributed by atoms with Crippen LogP contribution in [0.5, 0.6) is 0 Å². The van der Waals surface area contributed by atoms with Gasteiger partial charge in [0.25, 0.3) is 0 Å². The Balaban J connectivity index is 2.29. The van der Waals surface area contributed by atoms with E-state index >= 15 is 0 Å². The van der Waals surface area contributed by atoms with E-state index in [1.165, 1.54) is 11.1 Å². The molecule has 3 nitrogen and oxygen atoms in total. The van der Waals surface area contributed by atoms with Gasteiger partial charge in [-0.3, -0.25) is 9.78 Å². The highest BCUT2D eigenvalue weighted by Gasteiger charge is 2.17. The molecule has 1 unspecified atom stereocenters. The van der Waals surface area contributed by atoms with Crippen LogP contribution in [0.1, 0.15) is 54.5 Å². The van der Waals surface area contributed by atoms with Gasteiger partial charge in [-0.05, 0) is 48.6 Å². The molecule has 0 bridgehead atoms. The van der Waals surface area contributed by atoms with Crippen molar-refractivity contribution in [2.75, 3.05) is 0 Å². The maximum Gasteiger partial charge on any atom is 0.220 e. The number of carbonyl (C=O) groups excluding carboxylic acids is 1. The first-order chi connectivity index (χ1) is 10.6. The summed E-state index contributed by atoms with van der Waals surface area (Å²) in [5, 5.41) is 3.15. The van der Waals surface area contributed by atoms with Gasteiger partial charge in [-0.2, -0.15) is 0 Å². The zero-order valence-corrected chi connectivity index (χ0v) is 13.6. The number of nitrogens with zero attached hydrogens (tertiary/aromatic N) is 1. The third-order valence-corrected chi connectivity index (χ3v) is 3.94. The van der Waals surface area contributed by atoms with Gasteiger partial charge in [-0.25, -0.2) is 0 Å². The predicted molar refractivity (Wildman–Crippen MR) is 89.7 cm³/mol. The third-order valence-electron chi connectivity index (χ3n) is 3.94. The van der Waals surface area contributed by atoms with Crippen molar-refractivity contribution < 1.29 is 4.79 Å². The second kappa shape index (κ2) is 7.74. The average molecular weight is 296 g/mol. The smallest absolute Gasteiger partial charge is 0.220 e. The Bertz CT molecular complexity index is 623. The number of aryl methyl sites for hydroxylation is 2. The molecule has 2 rings (SSSR count). The fourth-order valence-corrected chi connectivity index (χ4v) is 2.42. The number of carbonyl (C=O) groups is 1. The molecule has 0 aliphatic carbocycles. The fraction of sp³-hybridized carbons (Fsp3) is 0.368. The van der Waals surface area contributed by atoms with Crippen molar-refractivity contribution in [2.24, 2.45) is 0 Å². The van der Waals surface area contributed by atoms with Crippen molar-refractivity contribution in [1.82, 2.24) is 10.3 Å². The van der Waals surface area contributed by atoms with Crippen molar-refractivity contribution in [2.45, 2.75) is 46.1 Å². The summed E-state index contributed by atoms with van der Waals surface area (Å²) in [6.45, 7) is 6.28. The molecule has 1 aromatic heterocycles. The number of pyridine rings is 1. The van der Waals surface area contributed by atoms with Gasteiger partial charge >= 0.3 is 0 Å². The highest BCUT2D eigenvalue weighted by Crippen LogP contribution is 2.23. The molecule has 0 fully saturated rings. The lowest BCUT2D eigenvalue weighted by Crippen LogP contribution is -2.29. The molecule has 0 radical (unpaired) electrons. The molecule has 116 valence electrons. The van der Waals surface area contributed by atoms with Gasteiger partial charge in [0.05, 0.1) is 6.04 Å². The van der Waals surface area contributed by atoms with E-state index in [0.29, 0.717) is 6.42 Å². The van der Waals surface area contributed by atoms with E-state index in [4.69, 9.17) is 0 Å². The molecule has 1 N–H and O–H groups in total. The van der Waals surface area contributed by atoms with Crippen LogP contribution in [0.2, 0.25) is 0 Å². The monoisotopic (exact) mass is 296 g/mol. The summed E-state index contributed by atoms with van der Waals surface area (Å²) >= 11 is 0. The summed E-state index contributed by atoms with van der Waals surface area (Å²) in [6.07, 6.45) is 6.07. The van der Waals surface area contributed by atoms with Gasteiger partial charge in [-0.15, -0.1) is 0 Å². The number of aromatic nitrogens is 1. The molecule has 0 aliphatic heterocycles. The quantitative estimate of drug-likeness (QED) is 0.872. The van der Waals surface area contributed by atoms with Crippen LogP contribution in [0, 0.1) is 13.8 Å². The Morgan fingerprint density at radius 1 is 1.18 bits per heavy atom. The second-order valence-electron chi connectivity index (χ2n) is 5.73. The molecule has 0 saturated heterocycles. The van der Waals surface area contributed by atoms with Gasteiger partial charge in [0.2, 0.25) is 5.91 Å². The lowest BCUT2D eigenvalue weighted by Gasteiger charge is -2.20. The molecule has 1 amide bonds. The van der Waals surface area contributed by atoms with Crippen LogP contribution in [0.4, 0.5) is 0 Å². The van der Waals surface area contributed by atoms with E-state index in [9.17, 15) is 4.79 Å². The highest BCUT2D eigenvalue weighted by atomic mass is 16.1. The van der Waals surface area contributed by atoms with Gasteiger partial charge < -0.3 is 5.32 Å². The van der Waals surface area contributed by atoms with Crippen LogP contribution >= 0.6 is 0 Å². The summed E-state index contributed by atoms with van der Waals surface area (Å²) in [5.41, 5.74) is 4.59. The van der Waals surface area contributed by atoms with E-state index in [1.807, 2.05) is 18.3 Å². The van der Waals surface area contributed by atoms with E-state index in [1.54, 1.807) is 6.20 Å². The number of hydrogen-bond donors (Lipinski definition) is 1. The Kier molecular flexibility index (Phi) is 5.70. The molecule has 3 heteroatoms. The normalized spacial score (nSPS) is 12.0. The number of amides is 1. The zero-order valence-electron chi connectivity index (χ0n) is 13.6. The molecule has 0 spiro atoms. The molecule has 0 saturated carbocycles. The zero-order chi connectivity index (χ0) is 15.9. The number of hydrogen-bond acceptors (Lipinski definition) is 2. The van der Waals surface area contributed by atoms with Crippen LogP contribution < -0.4 is 5.32 Å². The largest absolute Gasteiger partial charge is 0.345 e. The first kappa shape index (κ1) is 16.2. The van der Waals surface area contributed by atoms with Crippen molar-refractivity contribution >= 4 is 5.91 Å². The second-order valence-corrected chi connectivity index (χ2v) is 5.73. The van der Waals surface area contributed by atoms with E-state index in [0.717, 1.165) is 24.0 Å². The first-order valence-corrected chi connectivity index (χ1v) is 7.88. The van der Waals surface area contributed by atoms with Gasteiger partial charge in [0.15, 0.2) is 0 Å². The molecule has 0 aliphatic rings. The summed E-state index contributed by atoms with van der Waals surface area (Å²) in [7, 11) is 0. The Morgan fingerprint density at radius 3 is 2.64 bits per heavy atom. The molecule has 1 heterocycles. The predicted octanol–water partition coefficient (Wildman–Crippen LogP) is 4.09. The first-order valence-electron chi connectivity index (χ1n) is 7.88. The lowest BCUT2D eigenvalue weighted by molar-refractivity contribution is -0.121. The van der Waals surface area contributed by atoms with Crippen molar-refractivity contribution in [3.63, 3.8) is 0 Å². The fourth-order valence-electron chi connectivity index (χ4n) is 2.42. The topological polar surface area (TPSA) is 42.0 Å². The maximum atomic E-state index is 12.2. The van der Waals surface area contributed by atoms with Gasteiger partial charge in [0.1, 0.15) is 0 Å². The molecule has 22 heavy (non-hydrogen) atoms. The highest BCUT2D eigenvalue weighted by molar-refractivity contribution is 5.77. The van der Waals surface area contributed by atoms with E-state index in [2.05, 4.69) is 49.3 Å². The Morgan fingerprint density at radius 2 is 2.00 bits per heavy atom. The minimum Gasteiger partial charge on any atom is -0.345 e. The van der Waals surface area contributed by atoms with Crippen molar-refractivity contribution in [1.29, 1.82) is 0 Å². The maximum absolute atomic E-state index is 12.2.